The minimum absolute atomic E-state index is 0.128. The Morgan fingerprint density at radius 1 is 1.20 bits per heavy atom. The average molecular weight is 470 g/mol. The Bertz CT molecular complexity index is 1250. The zero-order chi connectivity index (χ0) is 24.3. The number of rotatable bonds is 5. The smallest absolute Gasteiger partial charge is 0.270 e. The predicted molar refractivity (Wildman–Crippen MR) is 134 cm³/mol. The molecule has 0 saturated carbocycles. The lowest BCUT2D eigenvalue weighted by atomic mass is 9.76. The number of carbonyl (C=O) groups is 1. The van der Waals surface area contributed by atoms with E-state index in [0.717, 1.165) is 66.5 Å². The number of hydrogen-bond donors (Lipinski definition) is 1. The van der Waals surface area contributed by atoms with Crippen LogP contribution >= 0.6 is 0 Å². The maximum atomic E-state index is 13.0. The van der Waals surface area contributed by atoms with E-state index in [9.17, 15) is 10.1 Å². The van der Waals surface area contributed by atoms with Gasteiger partial charge >= 0.3 is 0 Å². The van der Waals surface area contributed by atoms with E-state index >= 15 is 0 Å². The fourth-order valence-electron chi connectivity index (χ4n) is 5.15. The number of benzene rings is 1. The van der Waals surface area contributed by atoms with Gasteiger partial charge in [-0.2, -0.15) is 5.26 Å². The Balaban J connectivity index is 1.34. The molecule has 4 heterocycles. The fourth-order valence-corrected chi connectivity index (χ4v) is 5.15. The second-order valence-electron chi connectivity index (χ2n) is 9.73. The van der Waals surface area contributed by atoms with Crippen LogP contribution in [0.15, 0.2) is 48.7 Å². The van der Waals surface area contributed by atoms with Crippen LogP contribution in [-0.4, -0.2) is 53.1 Å². The van der Waals surface area contributed by atoms with Crippen LogP contribution in [0.5, 0.6) is 0 Å². The SMILES string of the molecule is Cc1ccnc(C2(C#N)CCN(Cc3cc(C(=O)NC4CCOCC4)nc4ccccc34)CC2)c1. The summed E-state index contributed by atoms with van der Waals surface area (Å²) >= 11 is 0. The van der Waals surface area contributed by atoms with Gasteiger partial charge in [-0.1, -0.05) is 18.2 Å². The molecule has 0 atom stereocenters. The maximum absolute atomic E-state index is 13.0. The van der Waals surface area contributed by atoms with E-state index in [4.69, 9.17) is 4.74 Å². The van der Waals surface area contributed by atoms with E-state index in [-0.39, 0.29) is 11.9 Å². The van der Waals surface area contributed by atoms with Crippen LogP contribution in [0.4, 0.5) is 0 Å². The highest BCUT2D eigenvalue weighted by Crippen LogP contribution is 2.35. The molecule has 180 valence electrons. The van der Waals surface area contributed by atoms with Crippen LogP contribution in [0.3, 0.4) is 0 Å². The van der Waals surface area contributed by atoms with Gasteiger partial charge in [0.25, 0.3) is 5.91 Å². The minimum Gasteiger partial charge on any atom is -0.381 e. The van der Waals surface area contributed by atoms with Gasteiger partial charge in [0, 0.05) is 50.5 Å². The summed E-state index contributed by atoms with van der Waals surface area (Å²) in [6, 6.07) is 16.6. The van der Waals surface area contributed by atoms with Crippen molar-refractivity contribution < 1.29 is 9.53 Å². The molecule has 0 bridgehead atoms. The number of fused-ring (bicyclic) bond motifs is 1. The molecule has 7 nitrogen and oxygen atoms in total. The molecule has 2 aromatic heterocycles. The molecular formula is C28H31N5O2. The Labute approximate surface area is 206 Å². The molecule has 1 aromatic carbocycles. The normalized spacial score (nSPS) is 18.7. The standard InChI is InChI=1S/C28H31N5O2/c1-20-6-11-30-26(16-20)28(19-29)9-12-33(13-10-28)18-21-17-25(32-24-5-3-2-4-23(21)24)27(34)31-22-7-14-35-15-8-22/h2-6,11,16-17,22H,7-10,12-15,18H2,1H3,(H,31,34). The van der Waals surface area contributed by atoms with Crippen LogP contribution in [0, 0.1) is 18.3 Å². The molecule has 0 aliphatic carbocycles. The summed E-state index contributed by atoms with van der Waals surface area (Å²) in [6.07, 6.45) is 4.93. The summed E-state index contributed by atoms with van der Waals surface area (Å²) in [5.74, 6) is -0.128. The maximum Gasteiger partial charge on any atom is 0.270 e. The number of hydrogen-bond acceptors (Lipinski definition) is 6. The summed E-state index contributed by atoms with van der Waals surface area (Å²) in [6.45, 7) is 5.70. The first-order valence-electron chi connectivity index (χ1n) is 12.4. The molecule has 7 heteroatoms. The van der Waals surface area contributed by atoms with Gasteiger partial charge in [0.2, 0.25) is 0 Å². The zero-order valence-electron chi connectivity index (χ0n) is 20.2. The Morgan fingerprint density at radius 3 is 2.71 bits per heavy atom. The predicted octanol–water partition coefficient (Wildman–Crippen LogP) is 3.90. The summed E-state index contributed by atoms with van der Waals surface area (Å²) in [5.41, 5.74) is 3.83. The number of piperidine rings is 1. The largest absolute Gasteiger partial charge is 0.381 e. The van der Waals surface area contributed by atoms with Crippen molar-refractivity contribution >= 4 is 16.8 Å². The highest BCUT2D eigenvalue weighted by molar-refractivity contribution is 5.96. The van der Waals surface area contributed by atoms with Crippen molar-refractivity contribution in [3.63, 3.8) is 0 Å². The quantitative estimate of drug-likeness (QED) is 0.609. The number of para-hydroxylation sites is 1. The number of pyridine rings is 2. The highest BCUT2D eigenvalue weighted by Gasteiger charge is 2.38. The van der Waals surface area contributed by atoms with Gasteiger partial charge in [-0.05, 0) is 68.0 Å². The van der Waals surface area contributed by atoms with Gasteiger partial charge in [0.15, 0.2) is 0 Å². The van der Waals surface area contributed by atoms with Gasteiger partial charge < -0.3 is 10.1 Å². The number of aromatic nitrogens is 2. The third kappa shape index (κ3) is 5.04. The minimum atomic E-state index is -0.544. The van der Waals surface area contributed by atoms with Crippen LogP contribution in [0.2, 0.25) is 0 Å². The number of nitriles is 1. The number of carbonyl (C=O) groups excluding carboxylic acids is 1. The second kappa shape index (κ2) is 10.1. The van der Waals surface area contributed by atoms with Crippen LogP contribution in [0.1, 0.15) is 53.0 Å². The molecule has 1 N–H and O–H groups in total. The molecular weight excluding hydrogens is 438 g/mol. The molecule has 5 rings (SSSR count). The zero-order valence-corrected chi connectivity index (χ0v) is 20.2. The number of likely N-dealkylation sites (tertiary alicyclic amines) is 1. The summed E-state index contributed by atoms with van der Waals surface area (Å²) in [7, 11) is 0. The van der Waals surface area contributed by atoms with E-state index in [1.54, 1.807) is 6.20 Å². The number of aryl methyl sites for hydroxylation is 1. The molecule has 0 radical (unpaired) electrons. The Kier molecular flexibility index (Phi) is 6.76. The lowest BCUT2D eigenvalue weighted by Crippen LogP contribution is -2.42. The summed E-state index contributed by atoms with van der Waals surface area (Å²) in [5, 5.41) is 14.3. The van der Waals surface area contributed by atoms with Gasteiger partial charge in [0.05, 0.1) is 17.3 Å². The highest BCUT2D eigenvalue weighted by atomic mass is 16.5. The number of nitrogens with zero attached hydrogens (tertiary/aromatic N) is 4. The average Bonchev–Trinajstić information content (AvgIpc) is 2.90. The Morgan fingerprint density at radius 2 is 1.97 bits per heavy atom. The van der Waals surface area contributed by atoms with Crippen molar-refractivity contribution in [2.24, 2.45) is 0 Å². The monoisotopic (exact) mass is 469 g/mol. The van der Waals surface area contributed by atoms with E-state index in [1.807, 2.05) is 43.3 Å². The molecule has 0 unspecified atom stereocenters. The van der Waals surface area contributed by atoms with E-state index < -0.39 is 5.41 Å². The van der Waals surface area contributed by atoms with E-state index in [2.05, 4.69) is 32.3 Å². The number of amides is 1. The van der Waals surface area contributed by atoms with Crippen molar-refractivity contribution in [2.45, 2.75) is 50.6 Å². The molecule has 3 aromatic rings. The van der Waals surface area contributed by atoms with E-state index in [0.29, 0.717) is 25.5 Å². The number of nitrogens with one attached hydrogen (secondary N) is 1. The molecule has 0 spiro atoms. The van der Waals surface area contributed by atoms with Crippen LogP contribution < -0.4 is 5.32 Å². The van der Waals surface area contributed by atoms with Crippen molar-refractivity contribution in [1.29, 1.82) is 5.26 Å². The Hall–Kier alpha value is -3.34. The lowest BCUT2D eigenvalue weighted by Gasteiger charge is -2.37. The van der Waals surface area contributed by atoms with Crippen molar-refractivity contribution in [1.82, 2.24) is 20.2 Å². The van der Waals surface area contributed by atoms with Crippen LogP contribution in [-0.2, 0) is 16.7 Å². The fraction of sp³-hybridized carbons (Fsp3) is 0.429. The van der Waals surface area contributed by atoms with Crippen LogP contribution in [0.25, 0.3) is 10.9 Å². The van der Waals surface area contributed by atoms with E-state index in [1.165, 1.54) is 0 Å². The second-order valence-corrected chi connectivity index (χ2v) is 9.73. The van der Waals surface area contributed by atoms with Crippen molar-refractivity contribution in [3.8, 4) is 6.07 Å². The van der Waals surface area contributed by atoms with Gasteiger partial charge in [-0.15, -0.1) is 0 Å². The third-order valence-electron chi connectivity index (χ3n) is 7.31. The summed E-state index contributed by atoms with van der Waals surface area (Å²) < 4.78 is 5.41. The van der Waals surface area contributed by atoms with Crippen molar-refractivity contribution in [3.05, 3.63) is 71.2 Å². The molecule has 2 aliphatic rings. The third-order valence-corrected chi connectivity index (χ3v) is 7.31. The molecule has 2 fully saturated rings. The first kappa shape index (κ1) is 23.4. The summed E-state index contributed by atoms with van der Waals surface area (Å²) in [4.78, 5) is 24.6. The first-order valence-corrected chi connectivity index (χ1v) is 12.4. The molecule has 2 aliphatic heterocycles. The topological polar surface area (TPSA) is 91.1 Å². The van der Waals surface area contributed by atoms with Gasteiger partial charge in [-0.3, -0.25) is 14.7 Å². The molecule has 1 amide bonds. The number of ether oxygens (including phenoxy) is 1. The lowest BCUT2D eigenvalue weighted by molar-refractivity contribution is 0.0694. The van der Waals surface area contributed by atoms with Gasteiger partial charge in [-0.25, -0.2) is 4.98 Å². The van der Waals surface area contributed by atoms with Crippen molar-refractivity contribution in [2.75, 3.05) is 26.3 Å². The molecule has 35 heavy (non-hydrogen) atoms. The first-order chi connectivity index (χ1) is 17.1. The molecule has 2 saturated heterocycles. The van der Waals surface area contributed by atoms with Gasteiger partial charge in [0.1, 0.15) is 11.1 Å².